The van der Waals surface area contributed by atoms with Crippen molar-refractivity contribution in [2.45, 2.75) is 46.5 Å². The molecule has 0 unspecified atom stereocenters. The van der Waals surface area contributed by atoms with Crippen LogP contribution in [0.5, 0.6) is 5.75 Å². The SMILES string of the molecule is CCC.CCC(=O)N1CCCC1.COc1ccc2ccccc2c1-c1cscn1. The zero-order valence-electron chi connectivity index (χ0n) is 18.0. The van der Waals surface area contributed by atoms with E-state index in [2.05, 4.69) is 37.0 Å². The first-order valence-corrected chi connectivity index (χ1v) is 11.3. The molecule has 0 bridgehead atoms. The lowest BCUT2D eigenvalue weighted by Crippen LogP contribution is -2.26. The summed E-state index contributed by atoms with van der Waals surface area (Å²) in [5.41, 5.74) is 3.90. The molecule has 1 aliphatic heterocycles. The Kier molecular flexibility index (Phi) is 9.65. The van der Waals surface area contributed by atoms with Gasteiger partial charge in [0.05, 0.1) is 23.9 Å². The number of nitrogens with zero attached hydrogens (tertiary/aromatic N) is 2. The van der Waals surface area contributed by atoms with E-state index >= 15 is 0 Å². The largest absolute Gasteiger partial charge is 0.496 e. The third-order valence-electron chi connectivity index (χ3n) is 4.56. The van der Waals surface area contributed by atoms with Gasteiger partial charge in [0.15, 0.2) is 0 Å². The zero-order chi connectivity index (χ0) is 21.1. The van der Waals surface area contributed by atoms with Gasteiger partial charge in [-0.3, -0.25) is 4.79 Å². The number of benzene rings is 2. The van der Waals surface area contributed by atoms with Crippen LogP contribution in [0, 0.1) is 0 Å². The minimum absolute atomic E-state index is 0.313. The zero-order valence-corrected chi connectivity index (χ0v) is 18.8. The Hall–Kier alpha value is -2.40. The van der Waals surface area contributed by atoms with Gasteiger partial charge in [0, 0.05) is 24.9 Å². The fraction of sp³-hybridized carbons (Fsp3) is 0.417. The first-order valence-electron chi connectivity index (χ1n) is 10.4. The van der Waals surface area contributed by atoms with E-state index in [9.17, 15) is 4.79 Å². The van der Waals surface area contributed by atoms with Crippen molar-refractivity contribution in [2.75, 3.05) is 20.2 Å². The Morgan fingerprint density at radius 3 is 2.38 bits per heavy atom. The minimum Gasteiger partial charge on any atom is -0.496 e. The van der Waals surface area contributed by atoms with Gasteiger partial charge in [-0.05, 0) is 29.7 Å². The van der Waals surface area contributed by atoms with Crippen molar-refractivity contribution in [1.29, 1.82) is 0 Å². The average Bonchev–Trinajstić information content (AvgIpc) is 3.47. The number of carbonyl (C=O) groups is 1. The van der Waals surface area contributed by atoms with Crippen molar-refractivity contribution < 1.29 is 9.53 Å². The van der Waals surface area contributed by atoms with E-state index in [0.717, 1.165) is 30.1 Å². The summed E-state index contributed by atoms with van der Waals surface area (Å²) in [5, 5.41) is 4.43. The van der Waals surface area contributed by atoms with Gasteiger partial charge in [0.2, 0.25) is 5.91 Å². The van der Waals surface area contributed by atoms with E-state index in [1.807, 2.05) is 40.9 Å². The van der Waals surface area contributed by atoms with Gasteiger partial charge in [-0.25, -0.2) is 4.98 Å². The van der Waals surface area contributed by atoms with Gasteiger partial charge in [-0.15, -0.1) is 11.3 Å². The lowest BCUT2D eigenvalue weighted by atomic mass is 10.0. The van der Waals surface area contributed by atoms with Gasteiger partial charge in [0.1, 0.15) is 5.75 Å². The fourth-order valence-corrected chi connectivity index (χ4v) is 3.75. The predicted molar refractivity (Wildman–Crippen MR) is 124 cm³/mol. The molecular formula is C24H32N2O2S. The van der Waals surface area contributed by atoms with Gasteiger partial charge in [-0.2, -0.15) is 0 Å². The molecule has 2 aromatic carbocycles. The third kappa shape index (κ3) is 6.29. The Bertz CT molecular complexity index is 872. The van der Waals surface area contributed by atoms with Crippen LogP contribution in [0.15, 0.2) is 47.3 Å². The molecule has 2 heterocycles. The van der Waals surface area contributed by atoms with Crippen LogP contribution in [0.3, 0.4) is 0 Å². The summed E-state index contributed by atoms with van der Waals surface area (Å²) >= 11 is 1.60. The number of ether oxygens (including phenoxy) is 1. The maximum atomic E-state index is 10.9. The number of hydrogen-bond acceptors (Lipinski definition) is 4. The van der Waals surface area contributed by atoms with Gasteiger partial charge in [0.25, 0.3) is 0 Å². The van der Waals surface area contributed by atoms with E-state index in [0.29, 0.717) is 12.3 Å². The predicted octanol–water partition coefficient (Wildman–Crippen LogP) is 6.41. The molecular weight excluding hydrogens is 380 g/mol. The van der Waals surface area contributed by atoms with Crippen LogP contribution in [0.25, 0.3) is 22.0 Å². The maximum Gasteiger partial charge on any atom is 0.222 e. The standard InChI is InChI=1S/C14H11NOS.C7H13NO.C3H8/c1-16-13-7-6-10-4-2-3-5-11(10)14(13)12-8-17-9-15-12;1-2-7(9)8-5-3-4-6-8;1-3-2/h2-9H,1H3;2-6H2,1H3;3H2,1-2H3. The number of fused-ring (bicyclic) bond motifs is 1. The first-order chi connectivity index (χ1) is 14.2. The maximum absolute atomic E-state index is 10.9. The highest BCUT2D eigenvalue weighted by Gasteiger charge is 2.15. The van der Waals surface area contributed by atoms with Crippen molar-refractivity contribution in [2.24, 2.45) is 0 Å². The number of methoxy groups -OCH3 is 1. The molecule has 3 aromatic rings. The van der Waals surface area contributed by atoms with Crippen molar-refractivity contribution in [3.63, 3.8) is 0 Å². The number of likely N-dealkylation sites (tertiary alicyclic amines) is 1. The molecule has 4 nitrogen and oxygen atoms in total. The van der Waals surface area contributed by atoms with Crippen molar-refractivity contribution in [3.05, 3.63) is 47.3 Å². The third-order valence-corrected chi connectivity index (χ3v) is 5.15. The summed E-state index contributed by atoms with van der Waals surface area (Å²) in [6, 6.07) is 12.4. The molecule has 156 valence electrons. The Labute approximate surface area is 178 Å². The molecule has 0 N–H and O–H groups in total. The smallest absolute Gasteiger partial charge is 0.222 e. The number of hydrogen-bond donors (Lipinski definition) is 0. The second-order valence-corrected chi connectivity index (χ2v) is 7.60. The van der Waals surface area contributed by atoms with Crippen LogP contribution in [-0.4, -0.2) is 36.0 Å². The van der Waals surface area contributed by atoms with Crippen LogP contribution in [-0.2, 0) is 4.79 Å². The van der Waals surface area contributed by atoms with Gasteiger partial charge < -0.3 is 9.64 Å². The second-order valence-electron chi connectivity index (χ2n) is 6.89. The van der Waals surface area contributed by atoms with Gasteiger partial charge in [-0.1, -0.05) is 57.5 Å². The number of rotatable bonds is 3. The molecule has 4 rings (SSSR count). The van der Waals surface area contributed by atoms with E-state index < -0.39 is 0 Å². The highest BCUT2D eigenvalue weighted by atomic mass is 32.1. The summed E-state index contributed by atoms with van der Waals surface area (Å²) in [6.07, 6.45) is 4.32. The number of amides is 1. The van der Waals surface area contributed by atoms with E-state index in [-0.39, 0.29) is 0 Å². The molecule has 0 atom stereocenters. The average molecular weight is 413 g/mol. The molecule has 1 aliphatic rings. The number of thiazole rings is 1. The molecule has 0 aliphatic carbocycles. The molecule has 0 saturated carbocycles. The Morgan fingerprint density at radius 1 is 1.10 bits per heavy atom. The van der Waals surface area contributed by atoms with Crippen LogP contribution in [0.2, 0.25) is 0 Å². The Morgan fingerprint density at radius 2 is 1.79 bits per heavy atom. The van der Waals surface area contributed by atoms with Crippen LogP contribution in [0.4, 0.5) is 0 Å². The Balaban J connectivity index is 0.000000211. The van der Waals surface area contributed by atoms with Crippen LogP contribution < -0.4 is 4.74 Å². The normalized spacial score (nSPS) is 12.6. The molecule has 0 spiro atoms. The first kappa shape index (κ1) is 22.9. The molecule has 1 fully saturated rings. The quantitative estimate of drug-likeness (QED) is 0.499. The highest BCUT2D eigenvalue weighted by molar-refractivity contribution is 7.07. The summed E-state index contributed by atoms with van der Waals surface area (Å²) in [6.45, 7) is 8.15. The monoisotopic (exact) mass is 412 g/mol. The second kappa shape index (κ2) is 12.2. The summed E-state index contributed by atoms with van der Waals surface area (Å²) in [7, 11) is 1.69. The van der Waals surface area contributed by atoms with Crippen molar-refractivity contribution >= 4 is 28.0 Å². The molecule has 1 saturated heterocycles. The van der Waals surface area contributed by atoms with Gasteiger partial charge >= 0.3 is 0 Å². The van der Waals surface area contributed by atoms with Crippen LogP contribution >= 0.6 is 11.3 Å². The van der Waals surface area contributed by atoms with E-state index in [1.54, 1.807) is 18.4 Å². The number of aromatic nitrogens is 1. The molecule has 5 heteroatoms. The van der Waals surface area contributed by atoms with E-state index in [4.69, 9.17) is 4.74 Å². The molecule has 1 amide bonds. The topological polar surface area (TPSA) is 42.4 Å². The lowest BCUT2D eigenvalue weighted by molar-refractivity contribution is -0.129. The van der Waals surface area contributed by atoms with E-state index in [1.165, 1.54) is 30.0 Å². The lowest BCUT2D eigenvalue weighted by Gasteiger charge is -2.12. The van der Waals surface area contributed by atoms with Crippen LogP contribution in [0.1, 0.15) is 46.5 Å². The molecule has 0 radical (unpaired) electrons. The van der Waals surface area contributed by atoms with Crippen molar-refractivity contribution in [3.8, 4) is 17.0 Å². The fourth-order valence-electron chi connectivity index (χ4n) is 3.21. The summed E-state index contributed by atoms with van der Waals surface area (Å²) in [5.74, 6) is 1.18. The molecule has 1 aromatic heterocycles. The minimum atomic E-state index is 0.313. The summed E-state index contributed by atoms with van der Waals surface area (Å²) in [4.78, 5) is 17.3. The number of carbonyl (C=O) groups excluding carboxylic acids is 1. The summed E-state index contributed by atoms with van der Waals surface area (Å²) < 4.78 is 5.44. The molecule has 29 heavy (non-hydrogen) atoms. The highest BCUT2D eigenvalue weighted by Crippen LogP contribution is 2.36. The van der Waals surface area contributed by atoms with Crippen molar-refractivity contribution in [1.82, 2.24) is 9.88 Å².